The molecule has 2 rings (SSSR count). The SMILES string of the molecule is OCC1CN(c2ccnc(Cl)n2)CCO1. The molecule has 1 aromatic heterocycles. The van der Waals surface area contributed by atoms with E-state index >= 15 is 0 Å². The Morgan fingerprint density at radius 2 is 2.53 bits per heavy atom. The molecule has 15 heavy (non-hydrogen) atoms. The Hall–Kier alpha value is -0.910. The van der Waals surface area contributed by atoms with Crippen molar-refractivity contribution in [2.75, 3.05) is 31.2 Å². The number of halogens is 1. The summed E-state index contributed by atoms with van der Waals surface area (Å²) in [6, 6.07) is 1.80. The van der Waals surface area contributed by atoms with Crippen molar-refractivity contribution in [2.24, 2.45) is 0 Å². The van der Waals surface area contributed by atoms with E-state index in [1.165, 1.54) is 0 Å². The molecular formula is C9H12ClN3O2. The minimum atomic E-state index is -0.146. The number of aliphatic hydroxyl groups is 1. The molecular weight excluding hydrogens is 218 g/mol. The maximum Gasteiger partial charge on any atom is 0.224 e. The Morgan fingerprint density at radius 3 is 3.27 bits per heavy atom. The molecule has 5 nitrogen and oxygen atoms in total. The zero-order valence-corrected chi connectivity index (χ0v) is 8.89. The molecule has 1 fully saturated rings. The highest BCUT2D eigenvalue weighted by Crippen LogP contribution is 2.15. The van der Waals surface area contributed by atoms with Crippen LogP contribution in [0.2, 0.25) is 5.28 Å². The Morgan fingerprint density at radius 1 is 1.67 bits per heavy atom. The number of morpholine rings is 1. The number of rotatable bonds is 2. The molecule has 82 valence electrons. The second-order valence-electron chi connectivity index (χ2n) is 3.31. The van der Waals surface area contributed by atoms with Crippen LogP contribution in [0.25, 0.3) is 0 Å². The smallest absolute Gasteiger partial charge is 0.224 e. The second kappa shape index (κ2) is 4.74. The highest BCUT2D eigenvalue weighted by molar-refractivity contribution is 6.28. The number of hydrogen-bond acceptors (Lipinski definition) is 5. The van der Waals surface area contributed by atoms with Crippen LogP contribution >= 0.6 is 11.6 Å². The average molecular weight is 230 g/mol. The van der Waals surface area contributed by atoms with Crippen molar-refractivity contribution in [3.63, 3.8) is 0 Å². The second-order valence-corrected chi connectivity index (χ2v) is 3.64. The molecule has 0 aliphatic carbocycles. The third-order valence-electron chi connectivity index (χ3n) is 2.28. The summed E-state index contributed by atoms with van der Waals surface area (Å²) in [5, 5.41) is 9.24. The summed E-state index contributed by atoms with van der Waals surface area (Å²) < 4.78 is 5.34. The van der Waals surface area contributed by atoms with Crippen LogP contribution < -0.4 is 4.90 Å². The number of ether oxygens (including phenoxy) is 1. The molecule has 0 amide bonds. The quantitative estimate of drug-likeness (QED) is 0.741. The summed E-state index contributed by atoms with van der Waals surface area (Å²) in [6.07, 6.45) is 1.47. The van der Waals surface area contributed by atoms with Gasteiger partial charge >= 0.3 is 0 Å². The summed E-state index contributed by atoms with van der Waals surface area (Å²) in [5.41, 5.74) is 0. The first kappa shape index (κ1) is 10.6. The molecule has 1 unspecified atom stereocenters. The standard InChI is InChI=1S/C9H12ClN3O2/c10-9-11-2-1-8(12-9)13-3-4-15-7(5-13)6-14/h1-2,7,14H,3-6H2. The van der Waals surface area contributed by atoms with E-state index in [0.29, 0.717) is 13.2 Å². The predicted octanol–water partition coefficient (Wildman–Crippen LogP) is 0.327. The largest absolute Gasteiger partial charge is 0.394 e. The zero-order chi connectivity index (χ0) is 10.7. The van der Waals surface area contributed by atoms with E-state index in [1.807, 2.05) is 4.90 Å². The third-order valence-corrected chi connectivity index (χ3v) is 2.46. The molecule has 1 atom stereocenters. The predicted molar refractivity (Wildman–Crippen MR) is 56.1 cm³/mol. The van der Waals surface area contributed by atoms with E-state index in [0.717, 1.165) is 12.4 Å². The Kier molecular flexibility index (Phi) is 3.35. The first-order valence-corrected chi connectivity index (χ1v) is 5.13. The van der Waals surface area contributed by atoms with E-state index in [1.54, 1.807) is 12.3 Å². The van der Waals surface area contributed by atoms with Gasteiger partial charge in [0.2, 0.25) is 5.28 Å². The number of aromatic nitrogens is 2. The van der Waals surface area contributed by atoms with Crippen LogP contribution in [0, 0.1) is 0 Å². The molecule has 0 radical (unpaired) electrons. The monoisotopic (exact) mass is 229 g/mol. The molecule has 2 heterocycles. The van der Waals surface area contributed by atoms with Gasteiger partial charge in [0.25, 0.3) is 0 Å². The minimum Gasteiger partial charge on any atom is -0.394 e. The van der Waals surface area contributed by atoms with E-state index in [-0.39, 0.29) is 18.0 Å². The molecule has 0 aromatic carbocycles. The van der Waals surface area contributed by atoms with Gasteiger partial charge in [0.15, 0.2) is 0 Å². The lowest BCUT2D eigenvalue weighted by atomic mass is 10.3. The van der Waals surface area contributed by atoms with Gasteiger partial charge in [0.1, 0.15) is 5.82 Å². The lowest BCUT2D eigenvalue weighted by molar-refractivity contribution is 0.00336. The van der Waals surface area contributed by atoms with Crippen LogP contribution in [0.1, 0.15) is 0 Å². The fraction of sp³-hybridized carbons (Fsp3) is 0.556. The van der Waals surface area contributed by atoms with Gasteiger partial charge in [-0.2, -0.15) is 0 Å². The van der Waals surface area contributed by atoms with Crippen molar-refractivity contribution < 1.29 is 9.84 Å². The highest BCUT2D eigenvalue weighted by Gasteiger charge is 2.20. The van der Waals surface area contributed by atoms with Gasteiger partial charge in [-0.25, -0.2) is 9.97 Å². The minimum absolute atomic E-state index is 0.0231. The zero-order valence-electron chi connectivity index (χ0n) is 8.14. The molecule has 1 saturated heterocycles. The van der Waals surface area contributed by atoms with Crippen LogP contribution in [-0.4, -0.2) is 47.5 Å². The average Bonchev–Trinajstić information content (AvgIpc) is 2.29. The molecule has 0 bridgehead atoms. The van der Waals surface area contributed by atoms with Gasteiger partial charge in [-0.05, 0) is 17.7 Å². The number of aliphatic hydroxyl groups excluding tert-OH is 1. The van der Waals surface area contributed by atoms with Crippen molar-refractivity contribution >= 4 is 17.4 Å². The first-order chi connectivity index (χ1) is 7.29. The van der Waals surface area contributed by atoms with Gasteiger partial charge in [-0.3, -0.25) is 0 Å². The summed E-state index contributed by atoms with van der Waals surface area (Å²) in [7, 11) is 0. The topological polar surface area (TPSA) is 58.5 Å². The summed E-state index contributed by atoms with van der Waals surface area (Å²) in [4.78, 5) is 9.96. The molecule has 6 heteroatoms. The maximum absolute atomic E-state index is 9.00. The van der Waals surface area contributed by atoms with Crippen molar-refractivity contribution in [3.05, 3.63) is 17.5 Å². The summed E-state index contributed by atoms with van der Waals surface area (Å²) >= 11 is 5.70. The van der Waals surface area contributed by atoms with Crippen molar-refractivity contribution in [1.82, 2.24) is 9.97 Å². The van der Waals surface area contributed by atoms with E-state index in [4.69, 9.17) is 21.4 Å². The van der Waals surface area contributed by atoms with Crippen molar-refractivity contribution in [2.45, 2.75) is 6.10 Å². The van der Waals surface area contributed by atoms with Crippen molar-refractivity contribution in [3.8, 4) is 0 Å². The Labute approximate surface area is 92.7 Å². The van der Waals surface area contributed by atoms with Gasteiger partial charge in [-0.15, -0.1) is 0 Å². The number of nitrogens with zero attached hydrogens (tertiary/aromatic N) is 3. The van der Waals surface area contributed by atoms with E-state index < -0.39 is 0 Å². The Balaban J connectivity index is 2.09. The summed E-state index contributed by atoms with van der Waals surface area (Å²) in [6.45, 7) is 2.00. The highest BCUT2D eigenvalue weighted by atomic mass is 35.5. The van der Waals surface area contributed by atoms with Crippen LogP contribution in [-0.2, 0) is 4.74 Å². The van der Waals surface area contributed by atoms with E-state index in [2.05, 4.69) is 9.97 Å². The molecule has 0 spiro atoms. The maximum atomic E-state index is 9.00. The van der Waals surface area contributed by atoms with Crippen LogP contribution in [0.4, 0.5) is 5.82 Å². The van der Waals surface area contributed by atoms with Gasteiger partial charge in [0.05, 0.1) is 19.3 Å². The van der Waals surface area contributed by atoms with Gasteiger partial charge < -0.3 is 14.7 Å². The molecule has 1 aliphatic rings. The third kappa shape index (κ3) is 2.56. The van der Waals surface area contributed by atoms with Crippen LogP contribution in [0.3, 0.4) is 0 Å². The first-order valence-electron chi connectivity index (χ1n) is 4.75. The molecule has 1 N–H and O–H groups in total. The lowest BCUT2D eigenvalue weighted by Crippen LogP contribution is -2.44. The number of anilines is 1. The fourth-order valence-electron chi connectivity index (χ4n) is 1.54. The van der Waals surface area contributed by atoms with Gasteiger partial charge in [-0.1, -0.05) is 0 Å². The van der Waals surface area contributed by atoms with Crippen LogP contribution in [0.15, 0.2) is 12.3 Å². The molecule has 1 aromatic rings. The Bertz CT molecular complexity index is 337. The van der Waals surface area contributed by atoms with Crippen molar-refractivity contribution in [1.29, 1.82) is 0 Å². The number of hydrogen-bond donors (Lipinski definition) is 1. The summed E-state index contributed by atoms with van der Waals surface area (Å²) in [5.74, 6) is 0.775. The molecule has 0 saturated carbocycles. The van der Waals surface area contributed by atoms with Gasteiger partial charge in [0, 0.05) is 19.3 Å². The lowest BCUT2D eigenvalue weighted by Gasteiger charge is -2.32. The van der Waals surface area contributed by atoms with Crippen LogP contribution in [0.5, 0.6) is 0 Å². The normalized spacial score (nSPS) is 21.7. The fourth-order valence-corrected chi connectivity index (χ4v) is 1.68. The van der Waals surface area contributed by atoms with E-state index in [9.17, 15) is 0 Å². The molecule has 1 aliphatic heterocycles.